The minimum Gasteiger partial charge on any atom is -0.497 e. The van der Waals surface area contributed by atoms with Crippen molar-refractivity contribution in [2.75, 3.05) is 32.6 Å². The summed E-state index contributed by atoms with van der Waals surface area (Å²) in [5.41, 5.74) is 4.21. The molecular weight excluding hydrogens is 410 g/mol. The summed E-state index contributed by atoms with van der Waals surface area (Å²) in [7, 11) is 3.24. The van der Waals surface area contributed by atoms with E-state index in [2.05, 4.69) is 46.4 Å². The SMILES string of the molecule is COc1ccc(-c2csc(NC(=O)CN3CCCC3c3ccccc3C)n2)c(OC)c1. The lowest BCUT2D eigenvalue weighted by Crippen LogP contribution is -2.33. The topological polar surface area (TPSA) is 63.7 Å². The van der Waals surface area contributed by atoms with E-state index in [1.54, 1.807) is 14.2 Å². The molecule has 1 aliphatic heterocycles. The molecule has 1 fully saturated rings. The van der Waals surface area contributed by atoms with Gasteiger partial charge < -0.3 is 14.8 Å². The van der Waals surface area contributed by atoms with Crippen LogP contribution in [0.3, 0.4) is 0 Å². The van der Waals surface area contributed by atoms with E-state index in [1.165, 1.54) is 22.5 Å². The Hall–Kier alpha value is -2.90. The zero-order valence-corrected chi connectivity index (χ0v) is 18.9. The van der Waals surface area contributed by atoms with E-state index in [9.17, 15) is 4.79 Å². The van der Waals surface area contributed by atoms with E-state index < -0.39 is 0 Å². The molecule has 31 heavy (non-hydrogen) atoms. The standard InChI is InChI=1S/C24H27N3O3S/c1-16-7-4-5-8-18(16)21-9-6-12-27(21)14-23(28)26-24-25-20(15-31-24)19-11-10-17(29-2)13-22(19)30-3/h4-5,7-8,10-11,13,15,21H,6,9,12,14H2,1-3H3,(H,25,26,28). The van der Waals surface area contributed by atoms with Crippen LogP contribution in [0.15, 0.2) is 47.8 Å². The number of likely N-dealkylation sites (tertiary alicyclic amines) is 1. The molecule has 162 valence electrons. The zero-order valence-electron chi connectivity index (χ0n) is 18.1. The summed E-state index contributed by atoms with van der Waals surface area (Å²) in [4.78, 5) is 19.6. The molecule has 1 amide bonds. The number of nitrogens with one attached hydrogen (secondary N) is 1. The lowest BCUT2D eigenvalue weighted by atomic mass is 9.99. The van der Waals surface area contributed by atoms with Crippen LogP contribution in [-0.4, -0.2) is 43.1 Å². The lowest BCUT2D eigenvalue weighted by molar-refractivity contribution is -0.117. The van der Waals surface area contributed by atoms with Crippen molar-refractivity contribution >= 4 is 22.4 Å². The van der Waals surface area contributed by atoms with Crippen LogP contribution in [0.5, 0.6) is 11.5 Å². The molecular formula is C24H27N3O3S. The van der Waals surface area contributed by atoms with Crippen molar-refractivity contribution in [1.82, 2.24) is 9.88 Å². The molecule has 1 atom stereocenters. The maximum Gasteiger partial charge on any atom is 0.240 e. The molecule has 4 rings (SSSR count). The molecule has 1 aliphatic rings. The Bertz CT molecular complexity index is 1070. The second-order valence-corrected chi connectivity index (χ2v) is 8.50. The van der Waals surface area contributed by atoms with Crippen LogP contribution in [0.25, 0.3) is 11.3 Å². The van der Waals surface area contributed by atoms with Crippen LogP contribution in [0, 0.1) is 6.92 Å². The number of carbonyl (C=O) groups is 1. The number of amides is 1. The highest BCUT2D eigenvalue weighted by atomic mass is 32.1. The van der Waals surface area contributed by atoms with Crippen LogP contribution < -0.4 is 14.8 Å². The fourth-order valence-electron chi connectivity index (χ4n) is 4.14. The number of ether oxygens (including phenoxy) is 2. The molecule has 0 radical (unpaired) electrons. The molecule has 2 aromatic carbocycles. The van der Waals surface area contributed by atoms with Crippen molar-refractivity contribution in [2.45, 2.75) is 25.8 Å². The van der Waals surface area contributed by atoms with Crippen LogP contribution in [0.4, 0.5) is 5.13 Å². The van der Waals surface area contributed by atoms with Crippen LogP contribution in [0.1, 0.15) is 30.0 Å². The van der Waals surface area contributed by atoms with Crippen molar-refractivity contribution in [3.63, 3.8) is 0 Å². The van der Waals surface area contributed by atoms with Gasteiger partial charge in [-0.2, -0.15) is 0 Å². The number of hydrogen-bond donors (Lipinski definition) is 1. The molecule has 0 saturated carbocycles. The number of anilines is 1. The van der Waals surface area contributed by atoms with Gasteiger partial charge in [-0.15, -0.1) is 11.3 Å². The third-order valence-electron chi connectivity index (χ3n) is 5.69. The molecule has 7 heteroatoms. The first-order chi connectivity index (χ1) is 15.1. The van der Waals surface area contributed by atoms with Gasteiger partial charge in [-0.25, -0.2) is 4.98 Å². The number of aromatic nitrogens is 1. The van der Waals surface area contributed by atoms with Crippen molar-refractivity contribution in [3.05, 3.63) is 59.0 Å². The summed E-state index contributed by atoms with van der Waals surface area (Å²) in [5.74, 6) is 1.36. The van der Waals surface area contributed by atoms with Crippen LogP contribution in [0.2, 0.25) is 0 Å². The summed E-state index contributed by atoms with van der Waals surface area (Å²) in [6.45, 7) is 3.43. The number of aryl methyl sites for hydroxylation is 1. The van der Waals surface area contributed by atoms with Gasteiger partial charge in [-0.3, -0.25) is 9.69 Å². The Morgan fingerprint density at radius 1 is 1.23 bits per heavy atom. The normalized spacial score (nSPS) is 16.3. The van der Waals surface area contributed by atoms with Gasteiger partial charge in [-0.05, 0) is 49.6 Å². The summed E-state index contributed by atoms with van der Waals surface area (Å²) in [6.07, 6.45) is 2.18. The van der Waals surface area contributed by atoms with Gasteiger partial charge in [0.15, 0.2) is 5.13 Å². The Kier molecular flexibility index (Phi) is 6.53. The molecule has 1 saturated heterocycles. The number of hydrogen-bond acceptors (Lipinski definition) is 6. The average Bonchev–Trinajstić information content (AvgIpc) is 3.43. The van der Waals surface area contributed by atoms with Gasteiger partial charge in [0.2, 0.25) is 5.91 Å². The fraction of sp³-hybridized carbons (Fsp3) is 0.333. The minimum absolute atomic E-state index is 0.0388. The number of nitrogens with zero attached hydrogens (tertiary/aromatic N) is 2. The van der Waals surface area contributed by atoms with Crippen molar-refractivity contribution in [3.8, 4) is 22.8 Å². The monoisotopic (exact) mass is 437 g/mol. The Morgan fingerprint density at radius 2 is 2.06 bits per heavy atom. The van der Waals surface area contributed by atoms with Gasteiger partial charge in [0, 0.05) is 23.1 Å². The number of benzene rings is 2. The summed E-state index contributed by atoms with van der Waals surface area (Å²) < 4.78 is 10.7. The first kappa shape index (κ1) is 21.3. The molecule has 0 aliphatic carbocycles. The Labute approximate surface area is 186 Å². The number of thiazole rings is 1. The first-order valence-corrected chi connectivity index (χ1v) is 11.2. The highest BCUT2D eigenvalue weighted by molar-refractivity contribution is 7.14. The highest BCUT2D eigenvalue weighted by Crippen LogP contribution is 2.35. The first-order valence-electron chi connectivity index (χ1n) is 10.4. The third-order valence-corrected chi connectivity index (χ3v) is 6.45. The predicted molar refractivity (Wildman–Crippen MR) is 124 cm³/mol. The Morgan fingerprint density at radius 3 is 2.84 bits per heavy atom. The van der Waals surface area contributed by atoms with Crippen molar-refractivity contribution in [2.24, 2.45) is 0 Å². The second kappa shape index (κ2) is 9.49. The Balaban J connectivity index is 1.43. The maximum absolute atomic E-state index is 12.8. The molecule has 2 heterocycles. The van der Waals surface area contributed by atoms with Crippen molar-refractivity contribution in [1.29, 1.82) is 0 Å². The van der Waals surface area contributed by atoms with E-state index in [0.717, 1.165) is 36.4 Å². The molecule has 6 nitrogen and oxygen atoms in total. The number of methoxy groups -OCH3 is 2. The molecule has 1 N–H and O–H groups in total. The number of carbonyl (C=O) groups excluding carboxylic acids is 1. The molecule has 1 unspecified atom stereocenters. The number of rotatable bonds is 7. The zero-order chi connectivity index (χ0) is 21.8. The smallest absolute Gasteiger partial charge is 0.240 e. The van der Waals surface area contributed by atoms with E-state index in [4.69, 9.17) is 9.47 Å². The highest BCUT2D eigenvalue weighted by Gasteiger charge is 2.28. The summed E-state index contributed by atoms with van der Waals surface area (Å²) >= 11 is 1.41. The second-order valence-electron chi connectivity index (χ2n) is 7.64. The van der Waals surface area contributed by atoms with E-state index in [0.29, 0.717) is 23.5 Å². The molecule has 1 aromatic heterocycles. The quantitative estimate of drug-likeness (QED) is 0.569. The minimum atomic E-state index is -0.0388. The van der Waals surface area contributed by atoms with Gasteiger partial charge in [0.25, 0.3) is 0 Å². The van der Waals surface area contributed by atoms with Crippen molar-refractivity contribution < 1.29 is 14.3 Å². The largest absolute Gasteiger partial charge is 0.497 e. The van der Waals surface area contributed by atoms with E-state index in [-0.39, 0.29) is 5.91 Å². The van der Waals surface area contributed by atoms with Gasteiger partial charge >= 0.3 is 0 Å². The van der Waals surface area contributed by atoms with Crippen LogP contribution in [-0.2, 0) is 4.79 Å². The maximum atomic E-state index is 12.8. The van der Waals surface area contributed by atoms with E-state index in [1.807, 2.05) is 23.6 Å². The summed E-state index contributed by atoms with van der Waals surface area (Å²) in [6, 6.07) is 14.3. The molecule has 0 spiro atoms. The molecule has 0 bridgehead atoms. The fourth-order valence-corrected chi connectivity index (χ4v) is 4.86. The lowest BCUT2D eigenvalue weighted by Gasteiger charge is -2.25. The van der Waals surface area contributed by atoms with Crippen LogP contribution >= 0.6 is 11.3 Å². The van der Waals surface area contributed by atoms with E-state index >= 15 is 0 Å². The average molecular weight is 438 g/mol. The molecule has 3 aromatic rings. The predicted octanol–water partition coefficient (Wildman–Crippen LogP) is 4.91. The van der Waals surface area contributed by atoms with Gasteiger partial charge in [0.1, 0.15) is 11.5 Å². The summed E-state index contributed by atoms with van der Waals surface area (Å²) in [5, 5.41) is 5.48. The van der Waals surface area contributed by atoms with Gasteiger partial charge in [-0.1, -0.05) is 24.3 Å². The van der Waals surface area contributed by atoms with Gasteiger partial charge in [0.05, 0.1) is 26.5 Å². The third kappa shape index (κ3) is 4.73.